The first-order valence-corrected chi connectivity index (χ1v) is 8.14. The highest BCUT2D eigenvalue weighted by Gasteiger charge is 2.28. The van der Waals surface area contributed by atoms with Gasteiger partial charge in [-0.15, -0.1) is 0 Å². The molecule has 1 atom stereocenters. The summed E-state index contributed by atoms with van der Waals surface area (Å²) in [6.45, 7) is 4.09. The van der Waals surface area contributed by atoms with Crippen molar-refractivity contribution in [3.8, 4) is 6.07 Å². The van der Waals surface area contributed by atoms with Gasteiger partial charge in [-0.2, -0.15) is 5.26 Å². The van der Waals surface area contributed by atoms with Crippen molar-refractivity contribution in [3.63, 3.8) is 0 Å². The molecule has 0 heterocycles. The molecule has 0 amide bonds. The Labute approximate surface area is 128 Å². The van der Waals surface area contributed by atoms with Crippen LogP contribution in [0.1, 0.15) is 67.6 Å². The number of hydrogen-bond acceptors (Lipinski definition) is 2. The maximum Gasteiger partial charge on any atom is 0.157 e. The van der Waals surface area contributed by atoms with E-state index in [1.165, 1.54) is 24.8 Å². The maximum absolute atomic E-state index is 12.8. The Bertz CT molecular complexity index is 533. The van der Waals surface area contributed by atoms with E-state index in [9.17, 15) is 10.1 Å². The van der Waals surface area contributed by atoms with Crippen molar-refractivity contribution < 1.29 is 4.79 Å². The molecule has 112 valence electrons. The molecule has 1 aliphatic rings. The molecule has 1 aromatic carbocycles. The highest BCUT2D eigenvalue weighted by Crippen LogP contribution is 2.29. The summed E-state index contributed by atoms with van der Waals surface area (Å²) in [5, 5.41) is 9.50. The number of rotatable bonds is 3. The molecule has 0 aliphatic heterocycles. The van der Waals surface area contributed by atoms with Crippen LogP contribution in [0.3, 0.4) is 0 Å². The second-order valence-electron chi connectivity index (χ2n) is 6.35. The van der Waals surface area contributed by atoms with Crippen LogP contribution in [-0.2, 0) is 4.79 Å². The number of nitrogens with zero attached hydrogens (tertiary/aromatic N) is 1. The largest absolute Gasteiger partial charge is 0.298 e. The molecule has 1 aliphatic carbocycles. The Balaban J connectivity index is 2.17. The highest BCUT2D eigenvalue weighted by molar-refractivity contribution is 5.90. The van der Waals surface area contributed by atoms with Gasteiger partial charge in [0.2, 0.25) is 0 Å². The molecule has 2 heteroatoms. The fourth-order valence-electron chi connectivity index (χ4n) is 3.22. The van der Waals surface area contributed by atoms with Crippen molar-refractivity contribution in [3.05, 3.63) is 34.9 Å². The van der Waals surface area contributed by atoms with Crippen LogP contribution in [0.2, 0.25) is 0 Å². The van der Waals surface area contributed by atoms with Gasteiger partial charge in [0.25, 0.3) is 0 Å². The number of Topliss-reactive ketones (excluding diaryl/α,β-unsaturated/α-hetero) is 1. The Morgan fingerprint density at radius 1 is 1.10 bits per heavy atom. The number of carbonyl (C=O) groups excluding carboxylic acids is 1. The first-order chi connectivity index (χ1) is 10.1. The lowest BCUT2D eigenvalue weighted by molar-refractivity contribution is -0.123. The predicted octanol–water partition coefficient (Wildman–Crippen LogP) is 4.84. The predicted molar refractivity (Wildman–Crippen MR) is 85.1 cm³/mol. The van der Waals surface area contributed by atoms with Crippen LogP contribution in [0.5, 0.6) is 0 Å². The van der Waals surface area contributed by atoms with E-state index < -0.39 is 5.92 Å². The summed E-state index contributed by atoms with van der Waals surface area (Å²) in [7, 11) is 0. The summed E-state index contributed by atoms with van der Waals surface area (Å²) in [6.07, 6.45) is 7.92. The van der Waals surface area contributed by atoms with E-state index in [2.05, 4.69) is 13.0 Å². The number of carbonyl (C=O) groups is 1. The number of hydrogen-bond donors (Lipinski definition) is 0. The lowest BCUT2D eigenvalue weighted by atomic mass is 9.81. The van der Waals surface area contributed by atoms with Gasteiger partial charge in [-0.05, 0) is 43.4 Å². The fourth-order valence-corrected chi connectivity index (χ4v) is 3.22. The smallest absolute Gasteiger partial charge is 0.157 e. The van der Waals surface area contributed by atoms with Gasteiger partial charge < -0.3 is 0 Å². The Kier molecular flexibility index (Phi) is 5.56. The van der Waals surface area contributed by atoms with E-state index in [0.29, 0.717) is 0 Å². The van der Waals surface area contributed by atoms with Crippen molar-refractivity contribution in [1.29, 1.82) is 5.26 Å². The SMILES string of the molecule is Cc1ccc(C(C#N)C(=O)C2CCCCCCC2)cc1C. The van der Waals surface area contributed by atoms with E-state index in [1.54, 1.807) is 0 Å². The zero-order chi connectivity index (χ0) is 15.2. The third kappa shape index (κ3) is 3.94. The van der Waals surface area contributed by atoms with Gasteiger partial charge in [0.05, 0.1) is 6.07 Å². The molecule has 2 nitrogen and oxygen atoms in total. The molecule has 0 spiro atoms. The van der Waals surface area contributed by atoms with E-state index in [1.807, 2.05) is 25.1 Å². The van der Waals surface area contributed by atoms with E-state index in [4.69, 9.17) is 0 Å². The summed E-state index contributed by atoms with van der Waals surface area (Å²) >= 11 is 0. The molecule has 21 heavy (non-hydrogen) atoms. The third-order valence-corrected chi connectivity index (χ3v) is 4.79. The normalized spacial score (nSPS) is 18.3. The average Bonchev–Trinajstić information content (AvgIpc) is 2.43. The molecular weight excluding hydrogens is 258 g/mol. The fraction of sp³-hybridized carbons (Fsp3) is 0.579. The number of aryl methyl sites for hydroxylation is 2. The summed E-state index contributed by atoms with van der Waals surface area (Å²) in [6, 6.07) is 8.21. The van der Waals surface area contributed by atoms with Gasteiger partial charge in [0, 0.05) is 5.92 Å². The first kappa shape index (κ1) is 15.8. The minimum Gasteiger partial charge on any atom is -0.298 e. The maximum atomic E-state index is 12.8. The van der Waals surface area contributed by atoms with Gasteiger partial charge in [-0.1, -0.05) is 50.3 Å². The van der Waals surface area contributed by atoms with Crippen molar-refractivity contribution in [2.24, 2.45) is 5.92 Å². The van der Waals surface area contributed by atoms with Crippen LogP contribution in [0.25, 0.3) is 0 Å². The van der Waals surface area contributed by atoms with Gasteiger partial charge in [-0.3, -0.25) is 4.79 Å². The molecule has 2 rings (SSSR count). The second kappa shape index (κ2) is 7.41. The van der Waals surface area contributed by atoms with E-state index in [0.717, 1.165) is 36.8 Å². The minimum absolute atomic E-state index is 0.0801. The van der Waals surface area contributed by atoms with Crippen molar-refractivity contribution in [2.75, 3.05) is 0 Å². The van der Waals surface area contributed by atoms with E-state index >= 15 is 0 Å². The summed E-state index contributed by atoms with van der Waals surface area (Å²) < 4.78 is 0. The minimum atomic E-state index is -0.589. The standard InChI is InChI=1S/C19H25NO/c1-14-10-11-17(12-15(14)2)18(13-20)19(21)16-8-6-4-3-5-7-9-16/h10-12,16,18H,3-9H2,1-2H3. The summed E-state index contributed by atoms with van der Waals surface area (Å²) in [5.74, 6) is -0.368. The van der Waals surface area contributed by atoms with Gasteiger partial charge in [0.15, 0.2) is 5.78 Å². The monoisotopic (exact) mass is 283 g/mol. The van der Waals surface area contributed by atoms with Crippen LogP contribution in [0.4, 0.5) is 0 Å². The molecule has 0 saturated heterocycles. The quantitative estimate of drug-likeness (QED) is 0.796. The average molecular weight is 283 g/mol. The summed E-state index contributed by atoms with van der Waals surface area (Å²) in [5.41, 5.74) is 3.22. The Hall–Kier alpha value is -1.62. The molecule has 0 aromatic heterocycles. The summed E-state index contributed by atoms with van der Waals surface area (Å²) in [4.78, 5) is 12.8. The second-order valence-corrected chi connectivity index (χ2v) is 6.35. The van der Waals surface area contributed by atoms with Gasteiger partial charge >= 0.3 is 0 Å². The zero-order valence-corrected chi connectivity index (χ0v) is 13.2. The third-order valence-electron chi connectivity index (χ3n) is 4.79. The van der Waals surface area contributed by atoms with Crippen LogP contribution in [-0.4, -0.2) is 5.78 Å². The molecule has 1 unspecified atom stereocenters. The van der Waals surface area contributed by atoms with Gasteiger partial charge in [0.1, 0.15) is 5.92 Å². The Morgan fingerprint density at radius 3 is 2.29 bits per heavy atom. The molecule has 0 bridgehead atoms. The van der Waals surface area contributed by atoms with Crippen molar-refractivity contribution in [1.82, 2.24) is 0 Å². The lowest BCUT2D eigenvalue weighted by Crippen LogP contribution is -2.22. The molecule has 0 N–H and O–H groups in total. The van der Waals surface area contributed by atoms with Crippen LogP contribution in [0, 0.1) is 31.1 Å². The van der Waals surface area contributed by atoms with Gasteiger partial charge in [-0.25, -0.2) is 0 Å². The lowest BCUT2D eigenvalue weighted by Gasteiger charge is -2.21. The molecule has 1 saturated carbocycles. The molecule has 1 aromatic rings. The van der Waals surface area contributed by atoms with E-state index in [-0.39, 0.29) is 11.7 Å². The van der Waals surface area contributed by atoms with Crippen LogP contribution >= 0.6 is 0 Å². The van der Waals surface area contributed by atoms with Crippen LogP contribution in [0.15, 0.2) is 18.2 Å². The van der Waals surface area contributed by atoms with Crippen molar-refractivity contribution >= 4 is 5.78 Å². The number of nitriles is 1. The molecular formula is C19H25NO. The Morgan fingerprint density at radius 2 is 1.71 bits per heavy atom. The molecule has 0 radical (unpaired) electrons. The number of ketones is 1. The first-order valence-electron chi connectivity index (χ1n) is 8.14. The zero-order valence-electron chi connectivity index (χ0n) is 13.2. The topological polar surface area (TPSA) is 40.9 Å². The number of benzene rings is 1. The molecule has 1 fully saturated rings. The van der Waals surface area contributed by atoms with Crippen molar-refractivity contribution in [2.45, 2.75) is 64.7 Å². The van der Waals surface area contributed by atoms with Crippen LogP contribution < -0.4 is 0 Å². The highest BCUT2D eigenvalue weighted by atomic mass is 16.1.